The first-order valence-corrected chi connectivity index (χ1v) is 6.44. The first-order valence-electron chi connectivity index (χ1n) is 6.44. The molecule has 0 saturated carbocycles. The van der Waals surface area contributed by atoms with E-state index in [0.29, 0.717) is 0 Å². The summed E-state index contributed by atoms with van der Waals surface area (Å²) in [7, 11) is 0. The Morgan fingerprint density at radius 1 is 1.40 bits per heavy atom. The van der Waals surface area contributed by atoms with Gasteiger partial charge in [-0.05, 0) is 18.9 Å². The number of nitrogens with zero attached hydrogens (tertiary/aromatic N) is 1. The molecule has 1 aromatic carbocycles. The summed E-state index contributed by atoms with van der Waals surface area (Å²) >= 11 is 0. The molecular weight excluding hydrogens is 266 g/mol. The highest BCUT2D eigenvalue weighted by Crippen LogP contribution is 2.34. The van der Waals surface area contributed by atoms with Crippen molar-refractivity contribution in [1.82, 2.24) is 4.90 Å². The average molecular weight is 284 g/mol. The average Bonchev–Trinajstić information content (AvgIpc) is 2.40. The molecule has 110 valence electrons. The number of likely N-dealkylation sites (tertiary alicyclic amines) is 1. The standard InChI is InChI=1S/C14H18F2N2O2/c1-13(17)7-8-18(10-14(13,15)16)12(19)20-9-11-5-3-2-4-6-11/h2-6H,7-10,17H2,1H3. The van der Waals surface area contributed by atoms with E-state index in [2.05, 4.69) is 0 Å². The van der Waals surface area contributed by atoms with Crippen molar-refractivity contribution in [2.45, 2.75) is 31.4 Å². The fourth-order valence-corrected chi connectivity index (χ4v) is 2.02. The second kappa shape index (κ2) is 5.36. The first-order chi connectivity index (χ1) is 9.32. The van der Waals surface area contributed by atoms with Crippen molar-refractivity contribution in [3.05, 3.63) is 35.9 Å². The van der Waals surface area contributed by atoms with Crippen molar-refractivity contribution in [2.75, 3.05) is 13.1 Å². The van der Waals surface area contributed by atoms with E-state index in [1.54, 1.807) is 12.1 Å². The van der Waals surface area contributed by atoms with E-state index >= 15 is 0 Å². The zero-order valence-electron chi connectivity index (χ0n) is 11.3. The van der Waals surface area contributed by atoms with E-state index in [1.165, 1.54) is 6.92 Å². The van der Waals surface area contributed by atoms with Crippen LogP contribution in [0.5, 0.6) is 0 Å². The van der Waals surface area contributed by atoms with Crippen LogP contribution in [0.1, 0.15) is 18.9 Å². The van der Waals surface area contributed by atoms with Gasteiger partial charge in [0.2, 0.25) is 0 Å². The number of hydrogen-bond acceptors (Lipinski definition) is 3. The van der Waals surface area contributed by atoms with E-state index < -0.39 is 24.1 Å². The Hall–Kier alpha value is -1.69. The van der Waals surface area contributed by atoms with Gasteiger partial charge in [0.1, 0.15) is 6.61 Å². The molecule has 1 saturated heterocycles. The lowest BCUT2D eigenvalue weighted by atomic mass is 9.87. The monoisotopic (exact) mass is 284 g/mol. The Labute approximate surface area is 116 Å². The van der Waals surface area contributed by atoms with Crippen molar-refractivity contribution in [2.24, 2.45) is 5.73 Å². The molecule has 0 radical (unpaired) electrons. The molecule has 1 fully saturated rings. The van der Waals surface area contributed by atoms with Gasteiger partial charge in [0.05, 0.1) is 12.1 Å². The molecular formula is C14H18F2N2O2. The molecule has 1 heterocycles. The Balaban J connectivity index is 1.91. The molecule has 4 nitrogen and oxygen atoms in total. The number of carbonyl (C=O) groups excluding carboxylic acids is 1. The highest BCUT2D eigenvalue weighted by Gasteiger charge is 2.52. The molecule has 1 atom stereocenters. The number of amides is 1. The SMILES string of the molecule is CC1(N)CCN(C(=O)OCc2ccccc2)CC1(F)F. The lowest BCUT2D eigenvalue weighted by Gasteiger charge is -2.42. The van der Waals surface area contributed by atoms with Crippen LogP contribution in [-0.4, -0.2) is 35.5 Å². The molecule has 1 unspecified atom stereocenters. The van der Waals surface area contributed by atoms with Crippen LogP contribution in [0.15, 0.2) is 30.3 Å². The first kappa shape index (κ1) is 14.7. The molecule has 0 aromatic heterocycles. The lowest BCUT2D eigenvalue weighted by molar-refractivity contribution is -0.114. The summed E-state index contributed by atoms with van der Waals surface area (Å²) in [5.41, 5.74) is 4.79. The Morgan fingerprint density at radius 2 is 2.05 bits per heavy atom. The third kappa shape index (κ3) is 3.07. The topological polar surface area (TPSA) is 55.6 Å². The number of rotatable bonds is 2. The largest absolute Gasteiger partial charge is 0.445 e. The third-order valence-electron chi connectivity index (χ3n) is 3.59. The van der Waals surface area contributed by atoms with E-state index in [9.17, 15) is 13.6 Å². The van der Waals surface area contributed by atoms with Crippen molar-refractivity contribution in [3.8, 4) is 0 Å². The van der Waals surface area contributed by atoms with Crippen LogP contribution in [0.2, 0.25) is 0 Å². The number of benzene rings is 1. The lowest BCUT2D eigenvalue weighted by Crippen LogP contribution is -2.64. The van der Waals surface area contributed by atoms with Crippen LogP contribution in [-0.2, 0) is 11.3 Å². The second-order valence-electron chi connectivity index (χ2n) is 5.33. The minimum Gasteiger partial charge on any atom is -0.445 e. The maximum atomic E-state index is 13.8. The van der Waals surface area contributed by atoms with E-state index in [0.717, 1.165) is 10.5 Å². The number of alkyl halides is 2. The van der Waals surface area contributed by atoms with E-state index in [1.807, 2.05) is 18.2 Å². The van der Waals surface area contributed by atoms with Gasteiger partial charge in [0, 0.05) is 6.54 Å². The van der Waals surface area contributed by atoms with E-state index in [4.69, 9.17) is 10.5 Å². The highest BCUT2D eigenvalue weighted by atomic mass is 19.3. The minimum atomic E-state index is -3.11. The Morgan fingerprint density at radius 3 is 2.65 bits per heavy atom. The second-order valence-corrected chi connectivity index (χ2v) is 5.33. The number of ether oxygens (including phenoxy) is 1. The van der Waals surface area contributed by atoms with Gasteiger partial charge in [0.15, 0.2) is 0 Å². The van der Waals surface area contributed by atoms with Gasteiger partial charge in [-0.15, -0.1) is 0 Å². The molecule has 6 heteroatoms. The molecule has 0 spiro atoms. The van der Waals surface area contributed by atoms with Gasteiger partial charge < -0.3 is 15.4 Å². The summed E-state index contributed by atoms with van der Waals surface area (Å²) in [5.74, 6) is -3.11. The molecule has 1 amide bonds. The third-order valence-corrected chi connectivity index (χ3v) is 3.59. The summed E-state index contributed by atoms with van der Waals surface area (Å²) in [4.78, 5) is 12.8. The zero-order chi connectivity index (χ0) is 14.8. The minimum absolute atomic E-state index is 0.0421. The van der Waals surface area contributed by atoms with Crippen molar-refractivity contribution in [1.29, 1.82) is 0 Å². The molecule has 0 aliphatic carbocycles. The zero-order valence-corrected chi connectivity index (χ0v) is 11.3. The highest BCUT2D eigenvalue weighted by molar-refractivity contribution is 5.68. The molecule has 2 rings (SSSR count). The Bertz CT molecular complexity index is 477. The predicted molar refractivity (Wildman–Crippen MR) is 70.4 cm³/mol. The number of piperidine rings is 1. The molecule has 1 aliphatic heterocycles. The summed E-state index contributed by atoms with van der Waals surface area (Å²) in [6.45, 7) is 0.852. The number of halogens is 2. The van der Waals surface area contributed by atoms with Crippen LogP contribution in [0, 0.1) is 0 Å². The fourth-order valence-electron chi connectivity index (χ4n) is 2.02. The van der Waals surface area contributed by atoms with Crippen LogP contribution < -0.4 is 5.73 Å². The number of hydrogen-bond donors (Lipinski definition) is 1. The van der Waals surface area contributed by atoms with Crippen LogP contribution in [0.4, 0.5) is 13.6 Å². The number of nitrogens with two attached hydrogens (primary N) is 1. The molecule has 2 N–H and O–H groups in total. The molecule has 1 aromatic rings. The predicted octanol–water partition coefficient (Wildman–Crippen LogP) is 2.38. The number of carbonyl (C=O) groups is 1. The normalized spacial score (nSPS) is 25.3. The van der Waals surface area contributed by atoms with Crippen molar-refractivity contribution in [3.63, 3.8) is 0 Å². The molecule has 1 aliphatic rings. The maximum absolute atomic E-state index is 13.8. The van der Waals surface area contributed by atoms with E-state index in [-0.39, 0.29) is 19.6 Å². The van der Waals surface area contributed by atoms with Gasteiger partial charge in [-0.25, -0.2) is 13.6 Å². The van der Waals surface area contributed by atoms with Gasteiger partial charge in [-0.3, -0.25) is 0 Å². The summed E-state index contributed by atoms with van der Waals surface area (Å²) in [6, 6.07) is 9.08. The van der Waals surface area contributed by atoms with Crippen molar-refractivity contribution >= 4 is 6.09 Å². The van der Waals surface area contributed by atoms with Crippen LogP contribution >= 0.6 is 0 Å². The quantitative estimate of drug-likeness (QED) is 0.907. The van der Waals surface area contributed by atoms with Gasteiger partial charge >= 0.3 is 6.09 Å². The van der Waals surface area contributed by atoms with Gasteiger partial charge in [0.25, 0.3) is 5.92 Å². The maximum Gasteiger partial charge on any atom is 0.410 e. The molecule has 0 bridgehead atoms. The summed E-state index contributed by atoms with van der Waals surface area (Å²) in [6.07, 6.45) is -0.690. The summed E-state index contributed by atoms with van der Waals surface area (Å²) < 4.78 is 32.6. The fraction of sp³-hybridized carbons (Fsp3) is 0.500. The van der Waals surface area contributed by atoms with Crippen molar-refractivity contribution < 1.29 is 18.3 Å². The van der Waals surface area contributed by atoms with Gasteiger partial charge in [-0.1, -0.05) is 30.3 Å². The van der Waals surface area contributed by atoms with Gasteiger partial charge in [-0.2, -0.15) is 0 Å². The summed E-state index contributed by atoms with van der Waals surface area (Å²) in [5, 5.41) is 0. The Kier molecular flexibility index (Phi) is 3.94. The van der Waals surface area contributed by atoms with Crippen LogP contribution in [0.3, 0.4) is 0 Å². The van der Waals surface area contributed by atoms with Crippen LogP contribution in [0.25, 0.3) is 0 Å². The smallest absolute Gasteiger partial charge is 0.410 e. The molecule has 20 heavy (non-hydrogen) atoms.